The van der Waals surface area contributed by atoms with Crippen LogP contribution in [0.4, 0.5) is 5.69 Å². The Labute approximate surface area is 124 Å². The quantitative estimate of drug-likeness (QED) is 0.681. The molecule has 1 aliphatic carbocycles. The summed E-state index contributed by atoms with van der Waals surface area (Å²) in [6.07, 6.45) is 5.28. The van der Waals surface area contributed by atoms with Crippen LogP contribution in [0.15, 0.2) is 18.2 Å². The summed E-state index contributed by atoms with van der Waals surface area (Å²) in [4.78, 5) is 2.59. The van der Waals surface area contributed by atoms with Gasteiger partial charge in [0.2, 0.25) is 0 Å². The fraction of sp³-hybridized carbons (Fsp3) is 0.667. The first kappa shape index (κ1) is 15.4. The standard InChI is InChI=1S/C18H30N2/c1-4-10-19-13-17-8-9-18(15(3)12-17)20(11-5-2)14-16-6-7-16/h8-9,12,16,19H,4-7,10-11,13-14H2,1-3H3. The van der Waals surface area contributed by atoms with Crippen molar-refractivity contribution >= 4 is 5.69 Å². The highest BCUT2D eigenvalue weighted by molar-refractivity contribution is 5.54. The fourth-order valence-electron chi connectivity index (χ4n) is 2.78. The summed E-state index contributed by atoms with van der Waals surface area (Å²) >= 11 is 0. The Balaban J connectivity index is 2.01. The molecule has 1 saturated carbocycles. The van der Waals surface area contributed by atoms with Gasteiger partial charge in [-0.15, -0.1) is 0 Å². The molecule has 0 aromatic heterocycles. The number of hydrogen-bond donors (Lipinski definition) is 1. The van der Waals surface area contributed by atoms with Crippen LogP contribution < -0.4 is 10.2 Å². The molecular weight excluding hydrogens is 244 g/mol. The van der Waals surface area contributed by atoms with Gasteiger partial charge in [-0.25, -0.2) is 0 Å². The zero-order chi connectivity index (χ0) is 14.4. The van der Waals surface area contributed by atoms with Crippen molar-refractivity contribution in [2.75, 3.05) is 24.5 Å². The van der Waals surface area contributed by atoms with Gasteiger partial charge in [0.25, 0.3) is 0 Å². The molecule has 1 aromatic carbocycles. The Bertz CT molecular complexity index is 410. The van der Waals surface area contributed by atoms with Gasteiger partial charge in [0, 0.05) is 25.3 Å². The maximum Gasteiger partial charge on any atom is 0.0396 e. The average Bonchev–Trinajstić information content (AvgIpc) is 3.23. The second-order valence-electron chi connectivity index (χ2n) is 6.19. The van der Waals surface area contributed by atoms with E-state index in [0.29, 0.717) is 0 Å². The van der Waals surface area contributed by atoms with Crippen LogP contribution in [0.1, 0.15) is 50.7 Å². The molecule has 2 rings (SSSR count). The lowest BCUT2D eigenvalue weighted by Crippen LogP contribution is -2.27. The molecule has 0 saturated heterocycles. The highest BCUT2D eigenvalue weighted by atomic mass is 15.1. The average molecular weight is 274 g/mol. The van der Waals surface area contributed by atoms with Crippen molar-refractivity contribution in [3.8, 4) is 0 Å². The molecule has 1 aliphatic rings. The molecule has 0 atom stereocenters. The van der Waals surface area contributed by atoms with E-state index in [-0.39, 0.29) is 0 Å². The minimum Gasteiger partial charge on any atom is -0.371 e. The lowest BCUT2D eigenvalue weighted by Gasteiger charge is -2.26. The van der Waals surface area contributed by atoms with Gasteiger partial charge in [-0.1, -0.05) is 26.0 Å². The van der Waals surface area contributed by atoms with Crippen LogP contribution >= 0.6 is 0 Å². The van der Waals surface area contributed by atoms with Gasteiger partial charge in [-0.05, 0) is 62.3 Å². The van der Waals surface area contributed by atoms with Gasteiger partial charge in [-0.2, -0.15) is 0 Å². The van der Waals surface area contributed by atoms with Crippen LogP contribution in [0, 0.1) is 12.8 Å². The molecule has 1 aromatic rings. The second-order valence-corrected chi connectivity index (χ2v) is 6.19. The Hall–Kier alpha value is -1.02. The number of rotatable bonds is 9. The molecule has 0 unspecified atom stereocenters. The number of nitrogens with zero attached hydrogens (tertiary/aromatic N) is 1. The van der Waals surface area contributed by atoms with Crippen molar-refractivity contribution in [3.05, 3.63) is 29.3 Å². The summed E-state index contributed by atoms with van der Waals surface area (Å²) in [7, 11) is 0. The molecule has 0 amide bonds. The molecule has 1 fully saturated rings. The molecule has 0 radical (unpaired) electrons. The van der Waals surface area contributed by atoms with Crippen LogP contribution in [-0.4, -0.2) is 19.6 Å². The minimum atomic E-state index is 0.951. The van der Waals surface area contributed by atoms with Gasteiger partial charge in [0.15, 0.2) is 0 Å². The Morgan fingerprint density at radius 2 is 2.00 bits per heavy atom. The normalized spacial score (nSPS) is 14.6. The third-order valence-electron chi connectivity index (χ3n) is 4.03. The predicted octanol–water partition coefficient (Wildman–Crippen LogP) is 4.12. The third-order valence-corrected chi connectivity index (χ3v) is 4.03. The molecule has 112 valence electrons. The first-order valence-electron chi connectivity index (χ1n) is 8.29. The molecule has 1 N–H and O–H groups in total. The van der Waals surface area contributed by atoms with E-state index in [0.717, 1.165) is 19.0 Å². The highest BCUT2D eigenvalue weighted by Crippen LogP contribution is 2.32. The van der Waals surface area contributed by atoms with Crippen molar-refractivity contribution in [3.63, 3.8) is 0 Å². The second kappa shape index (κ2) is 7.68. The topological polar surface area (TPSA) is 15.3 Å². The molecule has 2 heteroatoms. The zero-order valence-corrected chi connectivity index (χ0v) is 13.4. The summed E-state index contributed by atoms with van der Waals surface area (Å²) in [6.45, 7) is 11.3. The van der Waals surface area contributed by atoms with Crippen molar-refractivity contribution in [2.24, 2.45) is 5.92 Å². The smallest absolute Gasteiger partial charge is 0.0396 e. The lowest BCUT2D eigenvalue weighted by atomic mass is 10.1. The van der Waals surface area contributed by atoms with Crippen LogP contribution in [-0.2, 0) is 6.54 Å². The lowest BCUT2D eigenvalue weighted by molar-refractivity contribution is 0.674. The Morgan fingerprint density at radius 3 is 2.60 bits per heavy atom. The molecule has 0 heterocycles. The van der Waals surface area contributed by atoms with Gasteiger partial charge in [0.05, 0.1) is 0 Å². The first-order chi connectivity index (χ1) is 9.74. The molecule has 20 heavy (non-hydrogen) atoms. The Morgan fingerprint density at radius 1 is 1.20 bits per heavy atom. The van der Waals surface area contributed by atoms with E-state index >= 15 is 0 Å². The summed E-state index contributed by atoms with van der Waals surface area (Å²) < 4.78 is 0. The third kappa shape index (κ3) is 4.52. The number of aryl methyl sites for hydroxylation is 1. The maximum absolute atomic E-state index is 3.48. The van der Waals surface area contributed by atoms with E-state index in [1.807, 2.05) is 0 Å². The molecule has 0 spiro atoms. The van der Waals surface area contributed by atoms with E-state index in [9.17, 15) is 0 Å². The SMILES string of the molecule is CCCNCc1ccc(N(CCC)CC2CC2)c(C)c1. The number of benzene rings is 1. The molecule has 0 bridgehead atoms. The van der Waals surface area contributed by atoms with E-state index in [4.69, 9.17) is 0 Å². The predicted molar refractivity (Wildman–Crippen MR) is 88.4 cm³/mol. The Kier molecular flexibility index (Phi) is 5.90. The number of hydrogen-bond acceptors (Lipinski definition) is 2. The highest BCUT2D eigenvalue weighted by Gasteiger charge is 2.24. The van der Waals surface area contributed by atoms with Gasteiger partial charge in [-0.3, -0.25) is 0 Å². The van der Waals surface area contributed by atoms with Crippen molar-refractivity contribution < 1.29 is 0 Å². The number of nitrogens with one attached hydrogen (secondary N) is 1. The summed E-state index contributed by atoms with van der Waals surface area (Å²) in [5, 5.41) is 3.48. The van der Waals surface area contributed by atoms with Crippen LogP contribution in [0.2, 0.25) is 0 Å². The van der Waals surface area contributed by atoms with Gasteiger partial charge < -0.3 is 10.2 Å². The summed E-state index contributed by atoms with van der Waals surface area (Å²) in [5.41, 5.74) is 4.27. The van der Waals surface area contributed by atoms with Crippen molar-refractivity contribution in [1.82, 2.24) is 5.32 Å². The molecular formula is C18H30N2. The minimum absolute atomic E-state index is 0.951. The first-order valence-corrected chi connectivity index (χ1v) is 8.29. The number of anilines is 1. The molecule has 0 aliphatic heterocycles. The summed E-state index contributed by atoms with van der Waals surface area (Å²) in [6, 6.07) is 6.98. The molecule has 2 nitrogen and oxygen atoms in total. The van der Waals surface area contributed by atoms with Crippen molar-refractivity contribution in [1.29, 1.82) is 0 Å². The van der Waals surface area contributed by atoms with E-state index in [2.05, 4.69) is 49.2 Å². The van der Waals surface area contributed by atoms with E-state index in [1.54, 1.807) is 0 Å². The van der Waals surface area contributed by atoms with Gasteiger partial charge >= 0.3 is 0 Å². The largest absolute Gasteiger partial charge is 0.371 e. The van der Waals surface area contributed by atoms with Crippen LogP contribution in [0.25, 0.3) is 0 Å². The zero-order valence-electron chi connectivity index (χ0n) is 13.4. The van der Waals surface area contributed by atoms with E-state index in [1.165, 1.54) is 55.6 Å². The monoisotopic (exact) mass is 274 g/mol. The van der Waals surface area contributed by atoms with Gasteiger partial charge in [0.1, 0.15) is 0 Å². The van der Waals surface area contributed by atoms with E-state index < -0.39 is 0 Å². The van der Waals surface area contributed by atoms with Crippen LogP contribution in [0.3, 0.4) is 0 Å². The maximum atomic E-state index is 3.48. The van der Waals surface area contributed by atoms with Crippen LogP contribution in [0.5, 0.6) is 0 Å². The fourth-order valence-corrected chi connectivity index (χ4v) is 2.78. The summed E-state index contributed by atoms with van der Waals surface area (Å²) in [5.74, 6) is 0.951. The van der Waals surface area contributed by atoms with Crippen molar-refractivity contribution in [2.45, 2.75) is 53.0 Å².